The zero-order valence-electron chi connectivity index (χ0n) is 14.4. The highest BCUT2D eigenvalue weighted by Crippen LogP contribution is 2.20. The number of piperidine rings is 1. The summed E-state index contributed by atoms with van der Waals surface area (Å²) in [7, 11) is 0. The number of nitrogens with zero attached hydrogens (tertiary/aromatic N) is 3. The molecule has 1 aromatic carbocycles. The van der Waals surface area contributed by atoms with Crippen molar-refractivity contribution in [2.75, 3.05) is 19.7 Å². The molecule has 1 aliphatic rings. The molecule has 0 radical (unpaired) electrons. The van der Waals surface area contributed by atoms with Gasteiger partial charge in [-0.05, 0) is 44.0 Å². The molecule has 0 spiro atoms. The number of carbonyl (C=O) groups is 1. The van der Waals surface area contributed by atoms with Crippen LogP contribution in [0.1, 0.15) is 30.9 Å². The van der Waals surface area contributed by atoms with Gasteiger partial charge in [-0.3, -0.25) is 9.89 Å². The molecule has 1 N–H and O–H groups in total. The van der Waals surface area contributed by atoms with Crippen LogP contribution < -0.4 is 4.74 Å². The minimum Gasteiger partial charge on any atom is -0.493 e. The number of carbonyl (C=O) groups excluding carboxylic acids is 1. The molecule has 1 aromatic heterocycles. The molecule has 1 saturated heterocycles. The third-order valence-electron chi connectivity index (χ3n) is 4.38. The predicted molar refractivity (Wildman–Crippen MR) is 90.6 cm³/mol. The first kappa shape index (κ1) is 17.4. The van der Waals surface area contributed by atoms with Gasteiger partial charge in [0.1, 0.15) is 17.4 Å². The Hall–Kier alpha value is -2.44. The van der Waals surface area contributed by atoms with Crippen LogP contribution in [0.3, 0.4) is 0 Å². The number of nitrogens with one attached hydrogen (secondary N) is 1. The molecular weight excluding hydrogens is 323 g/mol. The van der Waals surface area contributed by atoms with Crippen LogP contribution in [0.4, 0.5) is 4.39 Å². The number of aromatic amines is 1. The molecular formula is C18H23FN4O2. The Morgan fingerprint density at radius 2 is 2.20 bits per heavy atom. The van der Waals surface area contributed by atoms with Crippen LogP contribution in [-0.4, -0.2) is 45.7 Å². The lowest BCUT2D eigenvalue weighted by Crippen LogP contribution is -2.41. The van der Waals surface area contributed by atoms with Crippen molar-refractivity contribution in [1.82, 2.24) is 20.1 Å². The van der Waals surface area contributed by atoms with Gasteiger partial charge >= 0.3 is 0 Å². The Labute approximate surface area is 146 Å². The molecule has 134 valence electrons. The standard InChI is InChI=1S/C18H23FN4O2/c1-13-20-17(22-21-13)8-9-18(24)23-10-2-3-14(11-23)12-25-16-6-4-15(19)5-7-16/h4-7,14H,2-3,8-12H2,1H3,(H,20,21,22)/t14-/m0/s1. The molecule has 1 amide bonds. The molecule has 0 saturated carbocycles. The minimum atomic E-state index is -0.275. The molecule has 1 atom stereocenters. The number of benzene rings is 1. The van der Waals surface area contributed by atoms with E-state index in [-0.39, 0.29) is 11.7 Å². The number of aryl methyl sites for hydroxylation is 2. The normalized spacial score (nSPS) is 17.5. The van der Waals surface area contributed by atoms with Crippen LogP contribution in [0, 0.1) is 18.7 Å². The maximum absolute atomic E-state index is 12.9. The van der Waals surface area contributed by atoms with Crippen LogP contribution in [0.5, 0.6) is 5.75 Å². The van der Waals surface area contributed by atoms with Crippen molar-refractivity contribution in [2.45, 2.75) is 32.6 Å². The van der Waals surface area contributed by atoms with E-state index in [0.717, 1.165) is 25.2 Å². The van der Waals surface area contributed by atoms with Crippen molar-refractivity contribution in [3.8, 4) is 5.75 Å². The van der Waals surface area contributed by atoms with Crippen LogP contribution >= 0.6 is 0 Å². The van der Waals surface area contributed by atoms with E-state index in [1.165, 1.54) is 12.1 Å². The Bertz CT molecular complexity index is 701. The molecule has 1 fully saturated rings. The quantitative estimate of drug-likeness (QED) is 0.872. The highest BCUT2D eigenvalue weighted by atomic mass is 19.1. The van der Waals surface area contributed by atoms with Gasteiger partial charge in [0.05, 0.1) is 6.61 Å². The molecule has 3 rings (SSSR count). The summed E-state index contributed by atoms with van der Waals surface area (Å²) in [5, 5.41) is 6.85. The van der Waals surface area contributed by atoms with Gasteiger partial charge in [-0.1, -0.05) is 0 Å². The molecule has 2 heterocycles. The lowest BCUT2D eigenvalue weighted by molar-refractivity contribution is -0.133. The van der Waals surface area contributed by atoms with Gasteiger partial charge in [0.25, 0.3) is 0 Å². The first-order valence-electron chi connectivity index (χ1n) is 8.64. The van der Waals surface area contributed by atoms with E-state index in [4.69, 9.17) is 4.74 Å². The van der Waals surface area contributed by atoms with E-state index >= 15 is 0 Å². The predicted octanol–water partition coefficient (Wildman–Crippen LogP) is 2.50. The lowest BCUT2D eigenvalue weighted by Gasteiger charge is -2.32. The SMILES string of the molecule is Cc1nc(CCC(=O)N2CCC[C@H](COc3ccc(F)cc3)C2)n[nH]1. The molecule has 25 heavy (non-hydrogen) atoms. The number of hydrogen-bond acceptors (Lipinski definition) is 4. The summed E-state index contributed by atoms with van der Waals surface area (Å²) in [5.74, 6) is 2.26. The third-order valence-corrected chi connectivity index (χ3v) is 4.38. The van der Waals surface area contributed by atoms with E-state index in [0.29, 0.717) is 43.5 Å². The number of rotatable bonds is 6. The second kappa shape index (κ2) is 8.09. The Kier molecular flexibility index (Phi) is 5.63. The van der Waals surface area contributed by atoms with Crippen LogP contribution in [0.25, 0.3) is 0 Å². The average Bonchev–Trinajstić information content (AvgIpc) is 3.05. The topological polar surface area (TPSA) is 71.1 Å². The molecule has 0 aliphatic carbocycles. The Morgan fingerprint density at radius 1 is 1.40 bits per heavy atom. The fourth-order valence-electron chi connectivity index (χ4n) is 3.05. The third kappa shape index (κ3) is 5.01. The fraction of sp³-hybridized carbons (Fsp3) is 0.500. The summed E-state index contributed by atoms with van der Waals surface area (Å²) in [5.41, 5.74) is 0. The van der Waals surface area contributed by atoms with Crippen molar-refractivity contribution >= 4 is 5.91 Å². The number of likely N-dealkylation sites (tertiary alicyclic amines) is 1. The fourth-order valence-corrected chi connectivity index (χ4v) is 3.05. The molecule has 0 unspecified atom stereocenters. The highest BCUT2D eigenvalue weighted by molar-refractivity contribution is 5.76. The number of halogens is 1. The summed E-state index contributed by atoms with van der Waals surface area (Å²) >= 11 is 0. The van der Waals surface area contributed by atoms with Gasteiger partial charge < -0.3 is 9.64 Å². The van der Waals surface area contributed by atoms with Crippen molar-refractivity contribution in [3.05, 3.63) is 41.7 Å². The second-order valence-electron chi connectivity index (χ2n) is 6.45. The smallest absolute Gasteiger partial charge is 0.223 e. The number of ether oxygens (including phenoxy) is 1. The zero-order chi connectivity index (χ0) is 17.6. The lowest BCUT2D eigenvalue weighted by atomic mass is 9.98. The van der Waals surface area contributed by atoms with Gasteiger partial charge in [-0.2, -0.15) is 5.10 Å². The highest BCUT2D eigenvalue weighted by Gasteiger charge is 2.24. The summed E-state index contributed by atoms with van der Waals surface area (Å²) in [4.78, 5) is 18.5. The largest absolute Gasteiger partial charge is 0.493 e. The van der Waals surface area contributed by atoms with E-state index < -0.39 is 0 Å². The molecule has 0 bridgehead atoms. The zero-order valence-corrected chi connectivity index (χ0v) is 14.4. The second-order valence-corrected chi connectivity index (χ2v) is 6.45. The number of aromatic nitrogens is 3. The average molecular weight is 346 g/mol. The molecule has 1 aliphatic heterocycles. The number of H-pyrrole nitrogens is 1. The Balaban J connectivity index is 1.45. The minimum absolute atomic E-state index is 0.133. The maximum Gasteiger partial charge on any atom is 0.223 e. The molecule has 7 heteroatoms. The van der Waals surface area contributed by atoms with Crippen molar-refractivity contribution in [2.24, 2.45) is 5.92 Å². The van der Waals surface area contributed by atoms with Gasteiger partial charge in [0.2, 0.25) is 5.91 Å². The first-order chi connectivity index (χ1) is 12.1. The van der Waals surface area contributed by atoms with Crippen molar-refractivity contribution in [1.29, 1.82) is 0 Å². The van der Waals surface area contributed by atoms with Gasteiger partial charge in [-0.25, -0.2) is 9.37 Å². The maximum atomic E-state index is 12.9. The van der Waals surface area contributed by atoms with Crippen LogP contribution in [0.15, 0.2) is 24.3 Å². The molecule has 2 aromatic rings. The van der Waals surface area contributed by atoms with E-state index in [9.17, 15) is 9.18 Å². The van der Waals surface area contributed by atoms with Crippen molar-refractivity contribution in [3.63, 3.8) is 0 Å². The summed E-state index contributed by atoms with van der Waals surface area (Å²) in [6.07, 6.45) is 2.98. The first-order valence-corrected chi connectivity index (χ1v) is 8.64. The summed E-state index contributed by atoms with van der Waals surface area (Å²) in [6.45, 7) is 3.87. The van der Waals surface area contributed by atoms with Gasteiger partial charge in [-0.15, -0.1) is 0 Å². The number of hydrogen-bond donors (Lipinski definition) is 1. The van der Waals surface area contributed by atoms with Gasteiger partial charge in [0, 0.05) is 31.8 Å². The Morgan fingerprint density at radius 3 is 2.92 bits per heavy atom. The summed E-state index contributed by atoms with van der Waals surface area (Å²) in [6, 6.07) is 6.02. The van der Waals surface area contributed by atoms with E-state index in [2.05, 4.69) is 15.2 Å². The number of amides is 1. The molecule has 6 nitrogen and oxygen atoms in total. The van der Waals surface area contributed by atoms with Crippen LogP contribution in [-0.2, 0) is 11.2 Å². The van der Waals surface area contributed by atoms with Crippen molar-refractivity contribution < 1.29 is 13.9 Å². The van der Waals surface area contributed by atoms with Crippen LogP contribution in [0.2, 0.25) is 0 Å². The van der Waals surface area contributed by atoms with Gasteiger partial charge in [0.15, 0.2) is 5.82 Å². The summed E-state index contributed by atoms with van der Waals surface area (Å²) < 4.78 is 18.6. The monoisotopic (exact) mass is 346 g/mol. The van der Waals surface area contributed by atoms with E-state index in [1.54, 1.807) is 12.1 Å². The van der Waals surface area contributed by atoms with E-state index in [1.807, 2.05) is 11.8 Å².